The number of halogens is 3. The van der Waals surface area contributed by atoms with Gasteiger partial charge < -0.3 is 5.32 Å². The monoisotopic (exact) mass is 231 g/mol. The lowest BCUT2D eigenvalue weighted by molar-refractivity contribution is -0.141. The van der Waals surface area contributed by atoms with Crippen molar-refractivity contribution >= 4 is 0 Å². The first kappa shape index (κ1) is 11.3. The van der Waals surface area contributed by atoms with Gasteiger partial charge in [0.05, 0.1) is 0 Å². The van der Waals surface area contributed by atoms with Crippen LogP contribution in [-0.2, 0) is 6.18 Å². The van der Waals surface area contributed by atoms with Crippen LogP contribution >= 0.6 is 0 Å². The van der Waals surface area contributed by atoms with Gasteiger partial charge in [-0.25, -0.2) is 9.97 Å². The summed E-state index contributed by atoms with van der Waals surface area (Å²) in [7, 11) is 0. The average molecular weight is 231 g/mol. The molecular weight excluding hydrogens is 219 g/mol. The van der Waals surface area contributed by atoms with E-state index in [0.29, 0.717) is 12.2 Å². The first-order chi connectivity index (χ1) is 7.57. The lowest BCUT2D eigenvalue weighted by Gasteiger charge is -2.22. The van der Waals surface area contributed by atoms with Crippen LogP contribution < -0.4 is 5.32 Å². The zero-order valence-electron chi connectivity index (χ0n) is 8.59. The molecule has 0 bridgehead atoms. The second-order valence-electron chi connectivity index (χ2n) is 3.87. The molecule has 1 aliphatic rings. The lowest BCUT2D eigenvalue weighted by atomic mass is 9.95. The number of hydrogen-bond acceptors (Lipinski definition) is 3. The van der Waals surface area contributed by atoms with E-state index < -0.39 is 11.9 Å². The highest BCUT2D eigenvalue weighted by Crippen LogP contribution is 2.29. The smallest absolute Gasteiger partial charge is 0.316 e. The number of aromatic nitrogens is 2. The number of nitrogens with one attached hydrogen (secondary N) is 1. The van der Waals surface area contributed by atoms with Crippen molar-refractivity contribution in [3.63, 3.8) is 0 Å². The molecule has 3 nitrogen and oxygen atoms in total. The minimum Gasteiger partial charge on any atom is -0.316 e. The summed E-state index contributed by atoms with van der Waals surface area (Å²) in [6.45, 7) is 1.61. The van der Waals surface area contributed by atoms with Gasteiger partial charge >= 0.3 is 6.18 Å². The van der Waals surface area contributed by atoms with Crippen molar-refractivity contribution in [1.82, 2.24) is 15.3 Å². The lowest BCUT2D eigenvalue weighted by Crippen LogP contribution is -2.29. The molecule has 1 saturated heterocycles. The third-order valence-electron chi connectivity index (χ3n) is 2.69. The van der Waals surface area contributed by atoms with Gasteiger partial charge in [-0.05, 0) is 25.5 Å². The van der Waals surface area contributed by atoms with Crippen molar-refractivity contribution in [3.05, 3.63) is 23.8 Å². The number of rotatable bonds is 1. The SMILES string of the molecule is FC(F)(F)c1cc([C@@H]2CCCNC2)ncn1. The van der Waals surface area contributed by atoms with E-state index in [9.17, 15) is 13.2 Å². The zero-order chi connectivity index (χ0) is 11.6. The third-order valence-corrected chi connectivity index (χ3v) is 2.69. The summed E-state index contributed by atoms with van der Waals surface area (Å²) in [5.41, 5.74) is -0.377. The standard InChI is InChI=1S/C10H12F3N3/c11-10(12,13)9-4-8(15-6-16-9)7-2-1-3-14-5-7/h4,6-7,14H,1-3,5H2/t7-/m1/s1. The Morgan fingerprint density at radius 2 is 2.12 bits per heavy atom. The Morgan fingerprint density at radius 1 is 1.31 bits per heavy atom. The molecule has 0 aromatic carbocycles. The molecular formula is C10H12F3N3. The molecule has 0 radical (unpaired) electrons. The maximum absolute atomic E-state index is 12.4. The maximum atomic E-state index is 12.4. The Bertz CT molecular complexity index is 359. The molecule has 1 aromatic heterocycles. The largest absolute Gasteiger partial charge is 0.433 e. The molecule has 0 aliphatic carbocycles. The highest BCUT2D eigenvalue weighted by Gasteiger charge is 2.33. The minimum absolute atomic E-state index is 0.0675. The summed E-state index contributed by atoms with van der Waals surface area (Å²) in [4.78, 5) is 7.17. The van der Waals surface area contributed by atoms with Crippen LogP contribution in [0.2, 0.25) is 0 Å². The summed E-state index contributed by atoms with van der Waals surface area (Å²) < 4.78 is 37.3. The van der Waals surface area contributed by atoms with Crippen molar-refractivity contribution in [1.29, 1.82) is 0 Å². The minimum atomic E-state index is -4.39. The van der Waals surface area contributed by atoms with Crippen molar-refractivity contribution in [2.75, 3.05) is 13.1 Å². The topological polar surface area (TPSA) is 37.8 Å². The third kappa shape index (κ3) is 2.49. The van der Waals surface area contributed by atoms with Gasteiger partial charge in [-0.2, -0.15) is 13.2 Å². The molecule has 1 aliphatic heterocycles. The predicted octanol–water partition coefficient (Wildman–Crippen LogP) is 1.96. The normalized spacial score (nSPS) is 22.1. The second-order valence-corrected chi connectivity index (χ2v) is 3.87. The quantitative estimate of drug-likeness (QED) is 0.802. The van der Waals surface area contributed by atoms with E-state index in [2.05, 4.69) is 15.3 Å². The van der Waals surface area contributed by atoms with E-state index in [4.69, 9.17) is 0 Å². The van der Waals surface area contributed by atoms with E-state index in [0.717, 1.165) is 31.8 Å². The van der Waals surface area contributed by atoms with Crippen LogP contribution in [0.25, 0.3) is 0 Å². The van der Waals surface area contributed by atoms with E-state index in [1.54, 1.807) is 0 Å². The van der Waals surface area contributed by atoms with Crippen molar-refractivity contribution in [2.24, 2.45) is 0 Å². The summed E-state index contributed by atoms with van der Waals surface area (Å²) in [6, 6.07) is 1.05. The van der Waals surface area contributed by atoms with E-state index in [-0.39, 0.29) is 5.92 Å². The van der Waals surface area contributed by atoms with Crippen molar-refractivity contribution in [2.45, 2.75) is 24.9 Å². The first-order valence-corrected chi connectivity index (χ1v) is 5.17. The van der Waals surface area contributed by atoms with Gasteiger partial charge in [-0.3, -0.25) is 0 Å². The van der Waals surface area contributed by atoms with Gasteiger partial charge in [0.1, 0.15) is 12.0 Å². The number of alkyl halides is 3. The van der Waals surface area contributed by atoms with E-state index in [1.807, 2.05) is 0 Å². The molecule has 0 saturated carbocycles. The van der Waals surface area contributed by atoms with Crippen LogP contribution in [-0.4, -0.2) is 23.1 Å². The van der Waals surface area contributed by atoms with Gasteiger partial charge in [0.15, 0.2) is 0 Å². The molecule has 0 spiro atoms. The van der Waals surface area contributed by atoms with Gasteiger partial charge in [-0.1, -0.05) is 0 Å². The van der Waals surface area contributed by atoms with Crippen molar-refractivity contribution in [3.8, 4) is 0 Å². The van der Waals surface area contributed by atoms with Crippen LogP contribution in [0, 0.1) is 0 Å². The molecule has 2 heterocycles. The summed E-state index contributed by atoms with van der Waals surface area (Å²) in [6.07, 6.45) is -1.55. The predicted molar refractivity (Wildman–Crippen MR) is 51.9 cm³/mol. The molecule has 1 N–H and O–H groups in total. The Hall–Kier alpha value is -1.17. The molecule has 1 atom stereocenters. The number of hydrogen-bond donors (Lipinski definition) is 1. The first-order valence-electron chi connectivity index (χ1n) is 5.17. The maximum Gasteiger partial charge on any atom is 0.433 e. The summed E-state index contributed by atoms with van der Waals surface area (Å²) >= 11 is 0. The molecule has 1 aromatic rings. The van der Waals surface area contributed by atoms with Crippen molar-refractivity contribution < 1.29 is 13.2 Å². The summed E-state index contributed by atoms with van der Waals surface area (Å²) in [5.74, 6) is 0.0675. The van der Waals surface area contributed by atoms with Crippen LogP contribution in [0.15, 0.2) is 12.4 Å². The fraction of sp³-hybridized carbons (Fsp3) is 0.600. The van der Waals surface area contributed by atoms with E-state index >= 15 is 0 Å². The molecule has 0 unspecified atom stereocenters. The number of nitrogens with zero attached hydrogens (tertiary/aromatic N) is 2. The van der Waals surface area contributed by atoms with Gasteiger partial charge in [-0.15, -0.1) is 0 Å². The van der Waals surface area contributed by atoms with Crippen LogP contribution in [0.1, 0.15) is 30.1 Å². The van der Waals surface area contributed by atoms with Gasteiger partial charge in [0, 0.05) is 18.2 Å². The molecule has 2 rings (SSSR count). The Labute approximate surface area is 91.1 Å². The molecule has 6 heteroatoms. The second kappa shape index (κ2) is 4.37. The Kier molecular flexibility index (Phi) is 3.09. The van der Waals surface area contributed by atoms with Crippen LogP contribution in [0.5, 0.6) is 0 Å². The summed E-state index contributed by atoms with van der Waals surface area (Å²) in [5, 5.41) is 3.15. The molecule has 1 fully saturated rings. The molecule has 16 heavy (non-hydrogen) atoms. The Morgan fingerprint density at radius 3 is 2.75 bits per heavy atom. The van der Waals surface area contributed by atoms with Crippen LogP contribution in [0.3, 0.4) is 0 Å². The molecule has 88 valence electrons. The Balaban J connectivity index is 2.21. The fourth-order valence-corrected chi connectivity index (χ4v) is 1.85. The highest BCUT2D eigenvalue weighted by molar-refractivity contribution is 5.16. The molecule has 0 amide bonds. The van der Waals surface area contributed by atoms with Gasteiger partial charge in [0.2, 0.25) is 0 Å². The zero-order valence-corrected chi connectivity index (χ0v) is 8.59. The van der Waals surface area contributed by atoms with Gasteiger partial charge in [0.25, 0.3) is 0 Å². The average Bonchev–Trinajstić information content (AvgIpc) is 2.29. The van der Waals surface area contributed by atoms with Crippen LogP contribution in [0.4, 0.5) is 13.2 Å². The highest BCUT2D eigenvalue weighted by atomic mass is 19.4. The fourth-order valence-electron chi connectivity index (χ4n) is 1.85. The van der Waals surface area contributed by atoms with E-state index in [1.165, 1.54) is 0 Å². The number of piperidine rings is 1.